The van der Waals surface area contributed by atoms with E-state index in [0.29, 0.717) is 34.1 Å². The molecule has 2 aliphatic rings. The first-order valence-electron chi connectivity index (χ1n) is 11.3. The molecule has 1 N–H and O–H groups in total. The van der Waals surface area contributed by atoms with Crippen LogP contribution in [0.3, 0.4) is 0 Å². The van der Waals surface area contributed by atoms with Crippen LogP contribution in [0.15, 0.2) is 47.4 Å². The van der Waals surface area contributed by atoms with Crippen LogP contribution in [-0.4, -0.2) is 58.4 Å². The van der Waals surface area contributed by atoms with Crippen LogP contribution >= 0.6 is 23.2 Å². The number of nitrogens with zero attached hydrogens (tertiary/aromatic N) is 2. The lowest BCUT2D eigenvalue weighted by Gasteiger charge is -2.41. The number of halogens is 2. The monoisotopic (exact) mass is 509 g/mol. The molecule has 2 fully saturated rings. The van der Waals surface area contributed by atoms with Gasteiger partial charge in [0.25, 0.3) is 0 Å². The SMILES string of the molecule is Cc1ccccc1S(=O)NC(=O)N1CCC(N2CCC(Oc3ccc(Cl)c(Cl)c3)CC2)CC1. The molecule has 178 valence electrons. The third kappa shape index (κ3) is 6.21. The fourth-order valence-electron chi connectivity index (χ4n) is 4.50. The summed E-state index contributed by atoms with van der Waals surface area (Å²) in [5.41, 5.74) is 0.904. The minimum atomic E-state index is -1.54. The molecule has 2 amide bonds. The molecule has 2 aliphatic heterocycles. The van der Waals surface area contributed by atoms with Crippen LogP contribution in [0.4, 0.5) is 4.79 Å². The van der Waals surface area contributed by atoms with E-state index >= 15 is 0 Å². The number of hydrogen-bond acceptors (Lipinski definition) is 4. The maximum Gasteiger partial charge on any atom is 0.329 e. The van der Waals surface area contributed by atoms with E-state index in [1.807, 2.05) is 31.2 Å². The molecule has 2 heterocycles. The molecular weight excluding hydrogens is 481 g/mol. The van der Waals surface area contributed by atoms with Gasteiger partial charge in [-0.2, -0.15) is 0 Å². The molecule has 1 atom stereocenters. The van der Waals surface area contributed by atoms with E-state index in [1.54, 1.807) is 23.1 Å². The number of piperidine rings is 2. The van der Waals surface area contributed by atoms with Gasteiger partial charge in [-0.1, -0.05) is 41.4 Å². The number of ether oxygens (including phenoxy) is 1. The topological polar surface area (TPSA) is 61.9 Å². The highest BCUT2D eigenvalue weighted by Crippen LogP contribution is 2.29. The Morgan fingerprint density at radius 1 is 1.00 bits per heavy atom. The van der Waals surface area contributed by atoms with Gasteiger partial charge in [0.2, 0.25) is 0 Å². The minimum absolute atomic E-state index is 0.167. The Hall–Kier alpha value is -1.80. The Labute approximate surface area is 207 Å². The Morgan fingerprint density at radius 3 is 2.36 bits per heavy atom. The van der Waals surface area contributed by atoms with Gasteiger partial charge in [0.1, 0.15) is 11.9 Å². The average Bonchev–Trinajstić information content (AvgIpc) is 2.82. The highest BCUT2D eigenvalue weighted by molar-refractivity contribution is 7.83. The number of carbonyl (C=O) groups is 1. The van der Waals surface area contributed by atoms with Crippen LogP contribution in [0.5, 0.6) is 5.75 Å². The number of carbonyl (C=O) groups excluding carboxylic acids is 1. The number of benzene rings is 2. The van der Waals surface area contributed by atoms with E-state index < -0.39 is 11.0 Å². The van der Waals surface area contributed by atoms with E-state index in [9.17, 15) is 9.00 Å². The third-order valence-electron chi connectivity index (χ3n) is 6.41. The van der Waals surface area contributed by atoms with Crippen LogP contribution in [0.2, 0.25) is 10.0 Å². The lowest BCUT2D eigenvalue weighted by Crippen LogP contribution is -2.52. The van der Waals surface area contributed by atoms with E-state index in [0.717, 1.165) is 50.1 Å². The molecular formula is C24H29Cl2N3O3S. The van der Waals surface area contributed by atoms with Gasteiger partial charge in [-0.25, -0.2) is 9.00 Å². The number of likely N-dealkylation sites (tertiary alicyclic amines) is 2. The van der Waals surface area contributed by atoms with Gasteiger partial charge in [-0.05, 0) is 56.4 Å². The minimum Gasteiger partial charge on any atom is -0.490 e. The first-order chi connectivity index (χ1) is 15.9. The summed E-state index contributed by atoms with van der Waals surface area (Å²) in [6.45, 7) is 5.17. The van der Waals surface area contributed by atoms with E-state index in [4.69, 9.17) is 27.9 Å². The molecule has 1 unspecified atom stereocenters. The molecule has 4 rings (SSSR count). The number of urea groups is 1. The van der Waals surface area contributed by atoms with Gasteiger partial charge in [-0.3, -0.25) is 9.62 Å². The van der Waals surface area contributed by atoms with E-state index in [-0.39, 0.29) is 12.1 Å². The van der Waals surface area contributed by atoms with Crippen molar-refractivity contribution in [1.82, 2.24) is 14.5 Å². The molecule has 2 aromatic rings. The molecule has 6 nitrogen and oxygen atoms in total. The van der Waals surface area contributed by atoms with Crippen molar-refractivity contribution >= 4 is 40.2 Å². The number of hydrogen-bond donors (Lipinski definition) is 1. The van der Waals surface area contributed by atoms with E-state index in [1.165, 1.54) is 0 Å². The summed E-state index contributed by atoms with van der Waals surface area (Å²) >= 11 is 12.1. The predicted molar refractivity (Wildman–Crippen MR) is 132 cm³/mol. The number of aryl methyl sites for hydroxylation is 1. The second-order valence-corrected chi connectivity index (χ2v) is 10.6. The van der Waals surface area contributed by atoms with E-state index in [2.05, 4.69) is 9.62 Å². The quantitative estimate of drug-likeness (QED) is 0.612. The van der Waals surface area contributed by atoms with Crippen LogP contribution < -0.4 is 9.46 Å². The Kier molecular flexibility index (Phi) is 8.17. The molecule has 0 aromatic heterocycles. The Balaban J connectivity index is 1.21. The first kappa shape index (κ1) is 24.3. The standard InChI is InChI=1S/C24H29Cl2N3O3S/c1-17-4-2-3-5-23(17)33(31)27-24(30)29-12-8-18(9-13-29)28-14-10-19(11-15-28)32-20-6-7-21(25)22(26)16-20/h2-7,16,18-19H,8-15H2,1H3,(H,27,30). The zero-order valence-electron chi connectivity index (χ0n) is 18.6. The van der Waals surface area contributed by atoms with Crippen LogP contribution in [-0.2, 0) is 11.0 Å². The second kappa shape index (κ2) is 11.1. The van der Waals surface area contributed by atoms with Gasteiger partial charge in [0.05, 0.1) is 14.9 Å². The maximum atomic E-state index is 12.6. The zero-order valence-corrected chi connectivity index (χ0v) is 21.0. The molecule has 0 radical (unpaired) electrons. The van der Waals surface area contributed by atoms with Crippen molar-refractivity contribution in [3.05, 3.63) is 58.1 Å². The number of amides is 2. The third-order valence-corrected chi connectivity index (χ3v) is 8.37. The van der Waals surface area contributed by atoms with Crippen molar-refractivity contribution in [2.24, 2.45) is 0 Å². The van der Waals surface area contributed by atoms with Gasteiger partial charge in [0.15, 0.2) is 11.0 Å². The van der Waals surface area contributed by atoms with Crippen molar-refractivity contribution < 1.29 is 13.7 Å². The van der Waals surface area contributed by atoms with Gasteiger partial charge >= 0.3 is 6.03 Å². The fraction of sp³-hybridized carbons (Fsp3) is 0.458. The van der Waals surface area contributed by atoms with Gasteiger partial charge in [-0.15, -0.1) is 0 Å². The molecule has 0 bridgehead atoms. The van der Waals surface area contributed by atoms with Crippen molar-refractivity contribution in [1.29, 1.82) is 0 Å². The molecule has 0 aliphatic carbocycles. The van der Waals surface area contributed by atoms with Crippen molar-refractivity contribution in [2.45, 2.75) is 49.6 Å². The zero-order chi connectivity index (χ0) is 23.4. The summed E-state index contributed by atoms with van der Waals surface area (Å²) in [6.07, 6.45) is 3.92. The highest BCUT2D eigenvalue weighted by atomic mass is 35.5. The average molecular weight is 510 g/mol. The summed E-state index contributed by atoms with van der Waals surface area (Å²) in [6, 6.07) is 13.0. The number of nitrogens with one attached hydrogen (secondary N) is 1. The summed E-state index contributed by atoms with van der Waals surface area (Å²) in [5.74, 6) is 0.755. The molecule has 33 heavy (non-hydrogen) atoms. The van der Waals surface area contributed by atoms with Crippen LogP contribution in [0.1, 0.15) is 31.2 Å². The van der Waals surface area contributed by atoms with Gasteiger partial charge < -0.3 is 9.64 Å². The summed E-state index contributed by atoms with van der Waals surface area (Å²) in [5, 5.41) is 1.03. The summed E-state index contributed by atoms with van der Waals surface area (Å²) in [7, 11) is -1.54. The molecule has 0 spiro atoms. The number of rotatable bonds is 5. The Bertz CT molecular complexity index is 1010. The maximum absolute atomic E-state index is 12.6. The molecule has 9 heteroatoms. The van der Waals surface area contributed by atoms with Crippen LogP contribution in [0.25, 0.3) is 0 Å². The lowest BCUT2D eigenvalue weighted by atomic mass is 9.99. The molecule has 2 aromatic carbocycles. The lowest BCUT2D eigenvalue weighted by molar-refractivity contribution is 0.0540. The van der Waals surface area contributed by atoms with Gasteiger partial charge in [0, 0.05) is 38.3 Å². The smallest absolute Gasteiger partial charge is 0.329 e. The van der Waals surface area contributed by atoms with Crippen molar-refractivity contribution in [3.63, 3.8) is 0 Å². The highest BCUT2D eigenvalue weighted by Gasteiger charge is 2.30. The molecule has 2 saturated heterocycles. The normalized spacial score (nSPS) is 19.3. The van der Waals surface area contributed by atoms with Crippen LogP contribution in [0, 0.1) is 6.92 Å². The second-order valence-electron chi connectivity index (χ2n) is 8.59. The molecule has 0 saturated carbocycles. The van der Waals surface area contributed by atoms with Crippen molar-refractivity contribution in [3.8, 4) is 5.75 Å². The summed E-state index contributed by atoms with van der Waals surface area (Å²) in [4.78, 5) is 17.5. The first-order valence-corrected chi connectivity index (χ1v) is 13.2. The summed E-state index contributed by atoms with van der Waals surface area (Å²) < 4.78 is 21.3. The van der Waals surface area contributed by atoms with Crippen molar-refractivity contribution in [2.75, 3.05) is 26.2 Å². The fourth-order valence-corrected chi connectivity index (χ4v) is 5.75. The Morgan fingerprint density at radius 2 is 1.70 bits per heavy atom. The predicted octanol–water partition coefficient (Wildman–Crippen LogP) is 5.04. The largest absolute Gasteiger partial charge is 0.490 e.